The Morgan fingerprint density at radius 2 is 1.77 bits per heavy atom. The number of nitrogens with zero attached hydrogens (tertiary/aromatic N) is 1. The lowest BCUT2D eigenvalue weighted by Gasteiger charge is -2.31. The molecule has 2 rings (SSSR count). The van der Waals surface area contributed by atoms with Crippen molar-refractivity contribution in [2.75, 3.05) is 6.54 Å². The van der Waals surface area contributed by atoms with Crippen LogP contribution >= 0.6 is 0 Å². The molecule has 1 amide bonds. The molecule has 1 unspecified atom stereocenters. The van der Waals surface area contributed by atoms with Crippen molar-refractivity contribution in [2.45, 2.75) is 18.7 Å². The number of halogens is 3. The molecule has 0 fully saturated rings. The predicted octanol–water partition coefficient (Wildman–Crippen LogP) is 3.08. The van der Waals surface area contributed by atoms with E-state index < -0.39 is 34.7 Å². The van der Waals surface area contributed by atoms with Crippen LogP contribution < -0.4 is 5.32 Å². The van der Waals surface area contributed by atoms with Crippen LogP contribution in [0.1, 0.15) is 21.5 Å². The molecular formula is C17H15F3N2O4. The lowest BCUT2D eigenvalue weighted by molar-refractivity contribution is -0.385. The van der Waals surface area contributed by atoms with Crippen LogP contribution in [0.2, 0.25) is 0 Å². The first kappa shape index (κ1) is 19.4. The highest BCUT2D eigenvalue weighted by Gasteiger charge is 2.55. The van der Waals surface area contributed by atoms with Crippen molar-refractivity contribution in [1.82, 2.24) is 5.32 Å². The molecule has 0 aliphatic carbocycles. The highest BCUT2D eigenvalue weighted by molar-refractivity contribution is 5.96. The van der Waals surface area contributed by atoms with Crippen molar-refractivity contribution >= 4 is 11.6 Å². The lowest BCUT2D eigenvalue weighted by atomic mass is 9.92. The summed E-state index contributed by atoms with van der Waals surface area (Å²) in [6.07, 6.45) is -5.04. The van der Waals surface area contributed by atoms with E-state index in [1.165, 1.54) is 43.3 Å². The van der Waals surface area contributed by atoms with Gasteiger partial charge in [0.15, 0.2) is 0 Å². The number of amides is 1. The van der Waals surface area contributed by atoms with E-state index in [-0.39, 0.29) is 16.8 Å². The number of nitrogens with one attached hydrogen (secondary N) is 1. The molecule has 0 saturated heterocycles. The summed E-state index contributed by atoms with van der Waals surface area (Å²) in [6, 6.07) is 10.0. The summed E-state index contributed by atoms with van der Waals surface area (Å²) in [6.45, 7) is 0.182. The zero-order valence-corrected chi connectivity index (χ0v) is 13.6. The standard InChI is InChI=1S/C17H15F3N2O4/c1-11-13(8-5-9-14(11)22(25)26)15(23)21-10-16(24,17(18,19)20)12-6-3-2-4-7-12/h2-9,24H,10H2,1H3,(H,21,23). The van der Waals surface area contributed by atoms with Gasteiger partial charge in [0, 0.05) is 17.2 Å². The van der Waals surface area contributed by atoms with E-state index >= 15 is 0 Å². The summed E-state index contributed by atoms with van der Waals surface area (Å²) in [5.41, 5.74) is -4.17. The molecule has 26 heavy (non-hydrogen) atoms. The average Bonchev–Trinajstić information content (AvgIpc) is 2.59. The molecule has 0 aliphatic heterocycles. The molecule has 0 radical (unpaired) electrons. The maximum atomic E-state index is 13.4. The Hall–Kier alpha value is -2.94. The number of hydrogen-bond acceptors (Lipinski definition) is 4. The number of hydrogen-bond donors (Lipinski definition) is 2. The third-order valence-electron chi connectivity index (χ3n) is 3.97. The summed E-state index contributed by atoms with van der Waals surface area (Å²) < 4.78 is 40.2. The van der Waals surface area contributed by atoms with Crippen LogP contribution in [-0.4, -0.2) is 28.7 Å². The number of nitro benzene ring substituents is 1. The predicted molar refractivity (Wildman–Crippen MR) is 86.6 cm³/mol. The van der Waals surface area contributed by atoms with E-state index in [1.807, 2.05) is 5.32 Å². The van der Waals surface area contributed by atoms with Gasteiger partial charge in [0.1, 0.15) is 0 Å². The van der Waals surface area contributed by atoms with Gasteiger partial charge in [-0.15, -0.1) is 0 Å². The van der Waals surface area contributed by atoms with Gasteiger partial charge in [-0.1, -0.05) is 36.4 Å². The lowest BCUT2D eigenvalue weighted by Crippen LogP contribution is -2.51. The summed E-state index contributed by atoms with van der Waals surface area (Å²) in [5.74, 6) is -0.954. The highest BCUT2D eigenvalue weighted by Crippen LogP contribution is 2.38. The van der Waals surface area contributed by atoms with Crippen molar-refractivity contribution < 1.29 is 28.0 Å². The van der Waals surface area contributed by atoms with Crippen molar-refractivity contribution in [3.63, 3.8) is 0 Å². The fraction of sp³-hybridized carbons (Fsp3) is 0.235. The SMILES string of the molecule is Cc1c(C(=O)NCC(O)(c2ccccc2)C(F)(F)F)cccc1[N+](=O)[O-]. The van der Waals surface area contributed by atoms with Crippen LogP contribution in [0.15, 0.2) is 48.5 Å². The fourth-order valence-electron chi connectivity index (χ4n) is 2.45. The fourth-order valence-corrected chi connectivity index (χ4v) is 2.45. The second-order valence-electron chi connectivity index (χ2n) is 5.61. The normalized spacial score (nSPS) is 13.7. The van der Waals surface area contributed by atoms with Gasteiger partial charge in [-0.05, 0) is 18.6 Å². The molecule has 2 aromatic rings. The summed E-state index contributed by atoms with van der Waals surface area (Å²) in [4.78, 5) is 22.5. The van der Waals surface area contributed by atoms with Gasteiger partial charge >= 0.3 is 6.18 Å². The second-order valence-corrected chi connectivity index (χ2v) is 5.61. The van der Waals surface area contributed by atoms with Crippen LogP contribution in [0.3, 0.4) is 0 Å². The quantitative estimate of drug-likeness (QED) is 0.627. The zero-order chi connectivity index (χ0) is 19.5. The van der Waals surface area contributed by atoms with Gasteiger partial charge in [0.2, 0.25) is 5.60 Å². The Kier molecular flexibility index (Phi) is 5.31. The Morgan fingerprint density at radius 1 is 1.15 bits per heavy atom. The molecular weight excluding hydrogens is 353 g/mol. The summed E-state index contributed by atoms with van der Waals surface area (Å²) >= 11 is 0. The van der Waals surface area contributed by atoms with Gasteiger partial charge in [-0.25, -0.2) is 0 Å². The molecule has 2 aromatic carbocycles. The van der Waals surface area contributed by atoms with Crippen molar-refractivity contribution in [3.8, 4) is 0 Å². The van der Waals surface area contributed by atoms with E-state index in [4.69, 9.17) is 0 Å². The van der Waals surface area contributed by atoms with E-state index in [1.54, 1.807) is 0 Å². The third-order valence-corrected chi connectivity index (χ3v) is 3.97. The minimum Gasteiger partial charge on any atom is -0.375 e. The number of aliphatic hydroxyl groups is 1. The maximum absolute atomic E-state index is 13.4. The Morgan fingerprint density at radius 3 is 2.31 bits per heavy atom. The van der Waals surface area contributed by atoms with Crippen LogP contribution in [0.4, 0.5) is 18.9 Å². The summed E-state index contributed by atoms with van der Waals surface area (Å²) in [7, 11) is 0. The van der Waals surface area contributed by atoms with Crippen LogP contribution in [0.25, 0.3) is 0 Å². The molecule has 0 bridgehead atoms. The number of nitro groups is 1. The van der Waals surface area contributed by atoms with E-state index in [9.17, 15) is 33.2 Å². The molecule has 2 N–H and O–H groups in total. The van der Waals surface area contributed by atoms with Crippen LogP contribution in [-0.2, 0) is 5.60 Å². The molecule has 0 spiro atoms. The first-order valence-electron chi connectivity index (χ1n) is 7.45. The number of benzene rings is 2. The third kappa shape index (κ3) is 3.67. The van der Waals surface area contributed by atoms with Crippen molar-refractivity contribution in [1.29, 1.82) is 0 Å². The van der Waals surface area contributed by atoms with Crippen molar-refractivity contribution in [2.24, 2.45) is 0 Å². The Labute approximate surface area is 146 Å². The average molecular weight is 368 g/mol. The van der Waals surface area contributed by atoms with Gasteiger partial charge < -0.3 is 10.4 Å². The monoisotopic (exact) mass is 368 g/mol. The Bertz CT molecular complexity index is 825. The molecule has 138 valence electrons. The molecule has 9 heteroatoms. The van der Waals surface area contributed by atoms with Gasteiger partial charge in [-0.3, -0.25) is 14.9 Å². The van der Waals surface area contributed by atoms with Gasteiger partial charge in [-0.2, -0.15) is 13.2 Å². The largest absolute Gasteiger partial charge is 0.423 e. The maximum Gasteiger partial charge on any atom is 0.423 e. The van der Waals surface area contributed by atoms with Gasteiger partial charge in [0.25, 0.3) is 11.6 Å². The second kappa shape index (κ2) is 7.12. The van der Waals surface area contributed by atoms with E-state index in [0.29, 0.717) is 0 Å². The first-order valence-corrected chi connectivity index (χ1v) is 7.45. The molecule has 0 saturated carbocycles. The van der Waals surface area contributed by atoms with Gasteiger partial charge in [0.05, 0.1) is 11.5 Å². The number of carbonyl (C=O) groups excluding carboxylic acids is 1. The van der Waals surface area contributed by atoms with E-state index in [2.05, 4.69) is 0 Å². The molecule has 0 aromatic heterocycles. The van der Waals surface area contributed by atoms with Crippen LogP contribution in [0.5, 0.6) is 0 Å². The highest BCUT2D eigenvalue weighted by atomic mass is 19.4. The van der Waals surface area contributed by atoms with Crippen LogP contribution in [0, 0.1) is 17.0 Å². The number of rotatable bonds is 5. The Balaban J connectivity index is 2.29. The zero-order valence-electron chi connectivity index (χ0n) is 13.6. The summed E-state index contributed by atoms with van der Waals surface area (Å²) in [5, 5.41) is 23.1. The minimum atomic E-state index is -5.04. The smallest absolute Gasteiger partial charge is 0.375 e. The van der Waals surface area contributed by atoms with E-state index in [0.717, 1.165) is 12.1 Å². The first-order chi connectivity index (χ1) is 12.1. The molecule has 6 nitrogen and oxygen atoms in total. The molecule has 0 aliphatic rings. The van der Waals surface area contributed by atoms with Crippen molar-refractivity contribution in [3.05, 3.63) is 75.3 Å². The number of carbonyl (C=O) groups is 1. The minimum absolute atomic E-state index is 0.0188. The molecule has 1 atom stereocenters. The molecule has 0 heterocycles. The number of alkyl halides is 3. The topological polar surface area (TPSA) is 92.5 Å².